The Labute approximate surface area is 132 Å². The number of likely N-dealkylation sites (tertiary alicyclic amines) is 1. The normalized spacial score (nSPS) is 20.4. The first-order valence-electron chi connectivity index (χ1n) is 8.48. The van der Waals surface area contributed by atoms with Crippen LogP contribution in [-0.2, 0) is 6.54 Å². The average Bonchev–Trinajstić information content (AvgIpc) is 3.14. The predicted octanol–water partition coefficient (Wildman–Crippen LogP) is 3.13. The van der Waals surface area contributed by atoms with Crippen molar-refractivity contribution in [2.75, 3.05) is 13.1 Å². The highest BCUT2D eigenvalue weighted by molar-refractivity contribution is 5.54. The van der Waals surface area contributed by atoms with E-state index in [2.05, 4.69) is 32.4 Å². The Morgan fingerprint density at radius 2 is 2.00 bits per heavy atom. The van der Waals surface area contributed by atoms with Gasteiger partial charge in [0.05, 0.1) is 0 Å². The van der Waals surface area contributed by atoms with E-state index in [1.165, 1.54) is 44.5 Å². The lowest BCUT2D eigenvalue weighted by Gasteiger charge is -2.43. The molecule has 0 bridgehead atoms. The van der Waals surface area contributed by atoms with Gasteiger partial charge in [-0.1, -0.05) is 12.8 Å². The fourth-order valence-electron chi connectivity index (χ4n) is 3.97. The Hall–Kier alpha value is -1.68. The van der Waals surface area contributed by atoms with Gasteiger partial charge in [-0.05, 0) is 31.9 Å². The van der Waals surface area contributed by atoms with E-state index in [1.54, 1.807) is 0 Å². The molecule has 22 heavy (non-hydrogen) atoms. The zero-order chi connectivity index (χ0) is 14.9. The van der Waals surface area contributed by atoms with E-state index in [-0.39, 0.29) is 0 Å². The largest absolute Gasteiger partial charge is 0.328 e. The zero-order valence-electron chi connectivity index (χ0n) is 13.3. The highest BCUT2D eigenvalue weighted by Gasteiger charge is 2.34. The number of imidazole rings is 1. The molecule has 1 saturated carbocycles. The maximum Gasteiger partial charge on any atom is 0.141 e. The summed E-state index contributed by atoms with van der Waals surface area (Å²) < 4.78 is 2.37. The summed E-state index contributed by atoms with van der Waals surface area (Å²) in [5, 5.41) is 0. The van der Waals surface area contributed by atoms with Crippen LogP contribution in [0.25, 0.3) is 11.4 Å². The molecule has 0 spiro atoms. The molecule has 0 atom stereocenters. The predicted molar refractivity (Wildman–Crippen MR) is 87.5 cm³/mol. The van der Waals surface area contributed by atoms with Crippen LogP contribution in [0.5, 0.6) is 0 Å². The number of pyridine rings is 1. The second-order valence-corrected chi connectivity index (χ2v) is 6.83. The molecule has 1 aliphatic carbocycles. The highest BCUT2D eigenvalue weighted by atomic mass is 15.2. The van der Waals surface area contributed by atoms with Crippen molar-refractivity contribution in [3.05, 3.63) is 36.4 Å². The van der Waals surface area contributed by atoms with Crippen molar-refractivity contribution >= 4 is 0 Å². The minimum atomic E-state index is 0.768. The van der Waals surface area contributed by atoms with Crippen LogP contribution in [-0.4, -0.2) is 38.6 Å². The molecule has 1 aliphatic heterocycles. The molecule has 1 saturated heterocycles. The summed E-state index contributed by atoms with van der Waals surface area (Å²) in [6, 6.07) is 4.95. The van der Waals surface area contributed by atoms with Crippen molar-refractivity contribution in [3.8, 4) is 11.4 Å². The van der Waals surface area contributed by atoms with Crippen LogP contribution in [0.2, 0.25) is 0 Å². The Kier molecular flexibility index (Phi) is 3.70. The van der Waals surface area contributed by atoms with Crippen LogP contribution in [0.15, 0.2) is 30.7 Å². The molecule has 116 valence electrons. The third-order valence-corrected chi connectivity index (χ3v) is 5.24. The van der Waals surface area contributed by atoms with Crippen molar-refractivity contribution in [3.63, 3.8) is 0 Å². The molecule has 0 N–H and O–H groups in total. The SMILES string of the molecule is Cc1cnc(-c2cccnc2)n1CC1CN(C2CCCC2)C1. The molecule has 2 aromatic rings. The van der Waals surface area contributed by atoms with Gasteiger partial charge in [0.15, 0.2) is 0 Å². The Bertz CT molecular complexity index is 622. The first-order chi connectivity index (χ1) is 10.8. The molecular formula is C18H24N4. The fraction of sp³-hybridized carbons (Fsp3) is 0.556. The molecule has 0 amide bonds. The van der Waals surface area contributed by atoms with Crippen molar-refractivity contribution in [1.82, 2.24) is 19.4 Å². The lowest BCUT2D eigenvalue weighted by atomic mass is 9.96. The zero-order valence-corrected chi connectivity index (χ0v) is 13.3. The van der Waals surface area contributed by atoms with Crippen molar-refractivity contribution in [2.24, 2.45) is 5.92 Å². The summed E-state index contributed by atoms with van der Waals surface area (Å²) >= 11 is 0. The fourth-order valence-corrected chi connectivity index (χ4v) is 3.97. The van der Waals surface area contributed by atoms with Crippen LogP contribution in [0, 0.1) is 12.8 Å². The number of hydrogen-bond acceptors (Lipinski definition) is 3. The highest BCUT2D eigenvalue weighted by Crippen LogP contribution is 2.31. The molecule has 3 heterocycles. The topological polar surface area (TPSA) is 34.0 Å². The first kappa shape index (κ1) is 13.9. The standard InChI is InChI=1S/C18H24N4/c1-14-9-20-18(16-5-4-8-19-10-16)22(14)13-15-11-21(12-15)17-6-2-3-7-17/h4-5,8-10,15,17H,2-3,6-7,11-13H2,1H3. The van der Waals surface area contributed by atoms with E-state index in [1.807, 2.05) is 24.7 Å². The second-order valence-electron chi connectivity index (χ2n) is 6.83. The lowest BCUT2D eigenvalue weighted by Crippen LogP contribution is -2.52. The summed E-state index contributed by atoms with van der Waals surface area (Å²) in [6.45, 7) is 5.75. The summed E-state index contributed by atoms with van der Waals surface area (Å²) in [6.07, 6.45) is 11.4. The van der Waals surface area contributed by atoms with Crippen LogP contribution in [0.3, 0.4) is 0 Å². The Morgan fingerprint density at radius 1 is 1.18 bits per heavy atom. The molecule has 0 radical (unpaired) electrons. The first-order valence-corrected chi connectivity index (χ1v) is 8.48. The Balaban J connectivity index is 1.45. The van der Waals surface area contributed by atoms with Gasteiger partial charge in [-0.2, -0.15) is 0 Å². The van der Waals surface area contributed by atoms with E-state index in [9.17, 15) is 0 Å². The average molecular weight is 296 g/mol. The minimum absolute atomic E-state index is 0.768. The quantitative estimate of drug-likeness (QED) is 0.869. The number of hydrogen-bond donors (Lipinski definition) is 0. The van der Waals surface area contributed by atoms with Gasteiger partial charge >= 0.3 is 0 Å². The van der Waals surface area contributed by atoms with Crippen molar-refractivity contribution in [2.45, 2.75) is 45.2 Å². The molecular weight excluding hydrogens is 272 g/mol. The summed E-state index contributed by atoms with van der Waals surface area (Å²) in [4.78, 5) is 11.5. The van der Waals surface area contributed by atoms with Gasteiger partial charge in [-0.3, -0.25) is 9.88 Å². The number of rotatable bonds is 4. The number of nitrogens with zero attached hydrogens (tertiary/aromatic N) is 4. The second kappa shape index (κ2) is 5.84. The monoisotopic (exact) mass is 296 g/mol. The van der Waals surface area contributed by atoms with E-state index in [0.29, 0.717) is 0 Å². The lowest BCUT2D eigenvalue weighted by molar-refractivity contribution is 0.0457. The van der Waals surface area contributed by atoms with Gasteiger partial charge in [0, 0.05) is 61.4 Å². The van der Waals surface area contributed by atoms with Crippen LogP contribution in [0.4, 0.5) is 0 Å². The van der Waals surface area contributed by atoms with E-state index in [4.69, 9.17) is 0 Å². The molecule has 2 aromatic heterocycles. The summed E-state index contributed by atoms with van der Waals surface area (Å²) in [5.41, 5.74) is 2.36. The smallest absolute Gasteiger partial charge is 0.141 e. The maximum absolute atomic E-state index is 4.60. The maximum atomic E-state index is 4.60. The van der Waals surface area contributed by atoms with Crippen LogP contribution < -0.4 is 0 Å². The molecule has 4 rings (SSSR count). The number of aryl methyl sites for hydroxylation is 1. The van der Waals surface area contributed by atoms with Gasteiger partial charge < -0.3 is 4.57 Å². The van der Waals surface area contributed by atoms with Gasteiger partial charge in [-0.25, -0.2) is 4.98 Å². The molecule has 4 nitrogen and oxygen atoms in total. The van der Waals surface area contributed by atoms with Gasteiger partial charge in [0.2, 0.25) is 0 Å². The van der Waals surface area contributed by atoms with Crippen LogP contribution >= 0.6 is 0 Å². The van der Waals surface area contributed by atoms with Gasteiger partial charge in [0.1, 0.15) is 5.82 Å². The van der Waals surface area contributed by atoms with Gasteiger partial charge in [0.25, 0.3) is 0 Å². The number of aromatic nitrogens is 3. The third-order valence-electron chi connectivity index (χ3n) is 5.24. The van der Waals surface area contributed by atoms with E-state index in [0.717, 1.165) is 29.9 Å². The Morgan fingerprint density at radius 3 is 2.73 bits per heavy atom. The van der Waals surface area contributed by atoms with Crippen molar-refractivity contribution < 1.29 is 0 Å². The minimum Gasteiger partial charge on any atom is -0.328 e. The molecule has 2 aliphatic rings. The molecule has 0 unspecified atom stereocenters. The summed E-state index contributed by atoms with van der Waals surface area (Å²) in [7, 11) is 0. The van der Waals surface area contributed by atoms with E-state index < -0.39 is 0 Å². The third kappa shape index (κ3) is 2.56. The molecule has 0 aromatic carbocycles. The molecule has 2 fully saturated rings. The summed E-state index contributed by atoms with van der Waals surface area (Å²) in [5.74, 6) is 1.83. The van der Waals surface area contributed by atoms with Gasteiger partial charge in [-0.15, -0.1) is 0 Å². The van der Waals surface area contributed by atoms with Crippen LogP contribution in [0.1, 0.15) is 31.4 Å². The van der Waals surface area contributed by atoms with E-state index >= 15 is 0 Å². The molecule has 4 heteroatoms. The van der Waals surface area contributed by atoms with Crippen molar-refractivity contribution in [1.29, 1.82) is 0 Å².